The van der Waals surface area contributed by atoms with Gasteiger partial charge in [-0.1, -0.05) is 31.2 Å². The van der Waals surface area contributed by atoms with Gasteiger partial charge in [-0.15, -0.1) is 11.3 Å². The van der Waals surface area contributed by atoms with Crippen LogP contribution in [0.1, 0.15) is 49.1 Å². The first-order valence-electron chi connectivity index (χ1n) is 11.1. The SMILES string of the molecule is CCC(C(=O)N1CCC[C@H]1C(=O)NCc1ccc(-c2scnc2C)cc1)c1cc(OC)no1. The Hall–Kier alpha value is -3.20. The summed E-state index contributed by atoms with van der Waals surface area (Å²) >= 11 is 1.62. The van der Waals surface area contributed by atoms with E-state index in [-0.39, 0.29) is 11.8 Å². The van der Waals surface area contributed by atoms with Gasteiger partial charge in [-0.2, -0.15) is 0 Å². The number of aryl methyl sites for hydroxylation is 1. The number of nitrogens with zero attached hydrogens (tertiary/aromatic N) is 3. The zero-order valence-corrected chi connectivity index (χ0v) is 19.9. The number of likely N-dealkylation sites (tertiary alicyclic amines) is 1. The number of benzene rings is 1. The number of carbonyl (C=O) groups is 2. The fourth-order valence-electron chi connectivity index (χ4n) is 4.19. The average molecular weight is 469 g/mol. The van der Waals surface area contributed by atoms with Gasteiger partial charge < -0.3 is 19.5 Å². The van der Waals surface area contributed by atoms with E-state index in [2.05, 4.69) is 15.5 Å². The molecule has 2 amide bonds. The van der Waals surface area contributed by atoms with E-state index in [0.29, 0.717) is 37.6 Å². The van der Waals surface area contributed by atoms with E-state index >= 15 is 0 Å². The van der Waals surface area contributed by atoms with E-state index in [0.717, 1.165) is 28.1 Å². The third kappa shape index (κ3) is 4.93. The smallest absolute Gasteiger partial charge is 0.254 e. The molecule has 1 N–H and O–H groups in total. The Morgan fingerprint density at radius 3 is 2.76 bits per heavy atom. The highest BCUT2D eigenvalue weighted by atomic mass is 32.1. The van der Waals surface area contributed by atoms with Gasteiger partial charge in [0.1, 0.15) is 6.04 Å². The molecule has 0 saturated carbocycles. The van der Waals surface area contributed by atoms with Gasteiger partial charge in [0.05, 0.1) is 29.1 Å². The summed E-state index contributed by atoms with van der Waals surface area (Å²) in [5, 5.41) is 6.81. The van der Waals surface area contributed by atoms with Gasteiger partial charge >= 0.3 is 0 Å². The number of methoxy groups -OCH3 is 1. The lowest BCUT2D eigenvalue weighted by molar-refractivity contribution is -0.140. The minimum absolute atomic E-state index is 0.113. The number of ether oxygens (including phenoxy) is 1. The number of nitrogens with one attached hydrogen (secondary N) is 1. The molecule has 1 aromatic carbocycles. The normalized spacial score (nSPS) is 16.6. The van der Waals surface area contributed by atoms with Crippen molar-refractivity contribution in [2.24, 2.45) is 0 Å². The van der Waals surface area contributed by atoms with Gasteiger partial charge in [-0.3, -0.25) is 9.59 Å². The van der Waals surface area contributed by atoms with Gasteiger partial charge in [0, 0.05) is 19.2 Å². The number of amides is 2. The minimum atomic E-state index is -0.488. The molecule has 0 spiro atoms. The molecule has 8 nitrogen and oxygen atoms in total. The van der Waals surface area contributed by atoms with Crippen LogP contribution < -0.4 is 10.1 Å². The van der Waals surface area contributed by atoms with E-state index in [1.54, 1.807) is 22.3 Å². The van der Waals surface area contributed by atoms with Gasteiger partial charge in [0.15, 0.2) is 5.76 Å². The number of rotatable bonds is 8. The van der Waals surface area contributed by atoms with Crippen molar-refractivity contribution in [3.8, 4) is 16.3 Å². The van der Waals surface area contributed by atoms with Crippen LogP contribution in [0, 0.1) is 6.92 Å². The quantitative estimate of drug-likeness (QED) is 0.538. The third-order valence-electron chi connectivity index (χ3n) is 6.03. The molecule has 3 heterocycles. The highest BCUT2D eigenvalue weighted by Crippen LogP contribution is 2.30. The molecule has 9 heteroatoms. The van der Waals surface area contributed by atoms with Crippen LogP contribution in [0.4, 0.5) is 0 Å². The van der Waals surface area contributed by atoms with Crippen molar-refractivity contribution in [2.45, 2.75) is 51.6 Å². The van der Waals surface area contributed by atoms with E-state index in [9.17, 15) is 9.59 Å². The van der Waals surface area contributed by atoms with E-state index < -0.39 is 12.0 Å². The van der Waals surface area contributed by atoms with Crippen molar-refractivity contribution in [3.63, 3.8) is 0 Å². The summed E-state index contributed by atoms with van der Waals surface area (Å²) in [6.07, 6.45) is 1.99. The van der Waals surface area contributed by atoms with Gasteiger partial charge in [0.2, 0.25) is 11.8 Å². The van der Waals surface area contributed by atoms with Crippen LogP contribution in [0.2, 0.25) is 0 Å². The minimum Gasteiger partial charge on any atom is -0.479 e. The molecule has 1 saturated heterocycles. The second kappa shape index (κ2) is 10.2. The Bertz CT molecular complexity index is 1110. The van der Waals surface area contributed by atoms with Crippen LogP contribution in [-0.2, 0) is 16.1 Å². The highest BCUT2D eigenvalue weighted by molar-refractivity contribution is 7.13. The molecule has 1 fully saturated rings. The predicted molar refractivity (Wildman–Crippen MR) is 125 cm³/mol. The first kappa shape index (κ1) is 23.0. The second-order valence-electron chi connectivity index (χ2n) is 8.10. The van der Waals surface area contributed by atoms with Crippen LogP contribution >= 0.6 is 11.3 Å². The Labute approximate surface area is 196 Å². The molecule has 1 aliphatic heterocycles. The van der Waals surface area contributed by atoms with Crippen molar-refractivity contribution < 1.29 is 18.8 Å². The number of carbonyl (C=O) groups excluding carboxylic acids is 2. The Balaban J connectivity index is 1.38. The number of hydrogen-bond donors (Lipinski definition) is 1. The van der Waals surface area contributed by atoms with E-state index in [1.807, 2.05) is 43.6 Å². The maximum Gasteiger partial charge on any atom is 0.254 e. The van der Waals surface area contributed by atoms with Crippen molar-refractivity contribution in [1.82, 2.24) is 20.4 Å². The van der Waals surface area contributed by atoms with Crippen LogP contribution in [0.25, 0.3) is 10.4 Å². The Kier molecular flexibility index (Phi) is 7.08. The maximum atomic E-state index is 13.3. The van der Waals surface area contributed by atoms with Crippen molar-refractivity contribution in [1.29, 1.82) is 0 Å². The van der Waals surface area contributed by atoms with Crippen LogP contribution in [-0.4, -0.2) is 46.6 Å². The lowest BCUT2D eigenvalue weighted by Crippen LogP contribution is -2.47. The predicted octanol–water partition coefficient (Wildman–Crippen LogP) is 3.92. The topological polar surface area (TPSA) is 97.6 Å². The van der Waals surface area contributed by atoms with Crippen molar-refractivity contribution >= 4 is 23.2 Å². The molecule has 1 aliphatic rings. The summed E-state index contributed by atoms with van der Waals surface area (Å²) in [5.74, 6) is 0.0640. The summed E-state index contributed by atoms with van der Waals surface area (Å²) in [7, 11) is 1.50. The molecular formula is C24H28N4O4S. The zero-order valence-electron chi connectivity index (χ0n) is 19.0. The zero-order chi connectivity index (χ0) is 23.4. The standard InChI is InChI=1S/C24H28N4O4S/c1-4-18(20-12-21(31-3)27-32-20)24(30)28-11-5-6-19(28)23(29)25-13-16-7-9-17(10-8-16)22-15(2)26-14-33-22/h7-10,12,14,18-19H,4-6,11,13H2,1-3H3,(H,25,29)/t18?,19-/m0/s1. The Morgan fingerprint density at radius 2 is 2.12 bits per heavy atom. The highest BCUT2D eigenvalue weighted by Gasteiger charge is 2.38. The average Bonchev–Trinajstić information content (AvgIpc) is 3.59. The third-order valence-corrected chi connectivity index (χ3v) is 7.01. The maximum absolute atomic E-state index is 13.3. The molecule has 0 radical (unpaired) electrons. The number of aromatic nitrogens is 2. The lowest BCUT2D eigenvalue weighted by atomic mass is 10.0. The van der Waals surface area contributed by atoms with Crippen molar-refractivity contribution in [3.05, 3.63) is 52.9 Å². The molecule has 33 heavy (non-hydrogen) atoms. The summed E-state index contributed by atoms with van der Waals surface area (Å²) in [4.78, 5) is 33.3. The first-order chi connectivity index (χ1) is 16.0. The monoisotopic (exact) mass is 468 g/mol. The van der Waals surface area contributed by atoms with Crippen molar-refractivity contribution in [2.75, 3.05) is 13.7 Å². The molecule has 0 bridgehead atoms. The van der Waals surface area contributed by atoms with E-state index in [4.69, 9.17) is 9.26 Å². The largest absolute Gasteiger partial charge is 0.479 e. The molecule has 2 aromatic heterocycles. The van der Waals surface area contributed by atoms with E-state index in [1.165, 1.54) is 7.11 Å². The van der Waals surface area contributed by atoms with Gasteiger partial charge in [-0.05, 0) is 42.5 Å². The lowest BCUT2D eigenvalue weighted by Gasteiger charge is -2.27. The van der Waals surface area contributed by atoms with Gasteiger partial charge in [-0.25, -0.2) is 4.98 Å². The van der Waals surface area contributed by atoms with Gasteiger partial charge in [0.25, 0.3) is 5.88 Å². The number of thiazole rings is 1. The van der Waals surface area contributed by atoms with Crippen LogP contribution in [0.15, 0.2) is 40.4 Å². The summed E-state index contributed by atoms with van der Waals surface area (Å²) in [6.45, 7) is 4.88. The summed E-state index contributed by atoms with van der Waals surface area (Å²) in [6, 6.07) is 9.27. The summed E-state index contributed by atoms with van der Waals surface area (Å²) < 4.78 is 10.4. The fourth-order valence-corrected chi connectivity index (χ4v) is 5.00. The molecule has 3 aromatic rings. The molecule has 4 rings (SSSR count). The second-order valence-corrected chi connectivity index (χ2v) is 8.96. The molecule has 0 aliphatic carbocycles. The molecule has 2 atom stereocenters. The fraction of sp³-hybridized carbons (Fsp3) is 0.417. The molecule has 174 valence electrons. The summed E-state index contributed by atoms with van der Waals surface area (Å²) in [5.41, 5.74) is 4.98. The molecular weight excluding hydrogens is 440 g/mol. The number of hydrogen-bond acceptors (Lipinski definition) is 7. The molecule has 1 unspecified atom stereocenters. The van der Waals surface area contributed by atoms with Crippen LogP contribution in [0.5, 0.6) is 5.88 Å². The van der Waals surface area contributed by atoms with Crippen LogP contribution in [0.3, 0.4) is 0 Å². The first-order valence-corrected chi connectivity index (χ1v) is 12.0. The Morgan fingerprint density at radius 1 is 1.33 bits per heavy atom.